The number of hydrogen-bond acceptors (Lipinski definition) is 4. The molecule has 6 heteroatoms. The fourth-order valence-corrected chi connectivity index (χ4v) is 1.92. The fourth-order valence-electron chi connectivity index (χ4n) is 1.92. The fraction of sp³-hybridized carbons (Fsp3) is 0.357. The van der Waals surface area contributed by atoms with E-state index in [1.165, 1.54) is 12.2 Å². The Labute approximate surface area is 116 Å². The van der Waals surface area contributed by atoms with Gasteiger partial charge in [0, 0.05) is 44.1 Å². The summed E-state index contributed by atoms with van der Waals surface area (Å²) in [5.74, 6) is -0.0754. The molecule has 1 aliphatic carbocycles. The third-order valence-electron chi connectivity index (χ3n) is 3.17. The van der Waals surface area contributed by atoms with Gasteiger partial charge in [-0.05, 0) is 24.8 Å². The molecule has 1 amide bonds. The van der Waals surface area contributed by atoms with Gasteiger partial charge in [0.1, 0.15) is 0 Å². The SMILES string of the molecule is CN1CCN(C(=O)/C=C/C2=CC([N+](=O)[O-])=C=C=C2)CC1. The van der Waals surface area contributed by atoms with Crippen molar-refractivity contribution in [2.75, 3.05) is 33.2 Å². The second kappa shape index (κ2) is 6.17. The second-order valence-corrected chi connectivity index (χ2v) is 4.66. The number of hydrogen-bond donors (Lipinski definition) is 0. The van der Waals surface area contributed by atoms with Gasteiger partial charge in [0.25, 0.3) is 0 Å². The molecule has 0 N–H and O–H groups in total. The molecule has 20 heavy (non-hydrogen) atoms. The van der Waals surface area contributed by atoms with Crippen LogP contribution in [0.3, 0.4) is 0 Å². The minimum atomic E-state index is -0.532. The zero-order valence-corrected chi connectivity index (χ0v) is 11.2. The van der Waals surface area contributed by atoms with Crippen LogP contribution in [0.1, 0.15) is 0 Å². The lowest BCUT2D eigenvalue weighted by atomic mass is 10.1. The van der Waals surface area contributed by atoms with Gasteiger partial charge < -0.3 is 9.80 Å². The van der Waals surface area contributed by atoms with Crippen LogP contribution in [0.2, 0.25) is 0 Å². The predicted molar refractivity (Wildman–Crippen MR) is 73.4 cm³/mol. The van der Waals surface area contributed by atoms with Crippen molar-refractivity contribution in [3.8, 4) is 0 Å². The first kappa shape index (κ1) is 14.0. The van der Waals surface area contributed by atoms with Gasteiger partial charge in [-0.3, -0.25) is 14.9 Å². The highest BCUT2D eigenvalue weighted by Crippen LogP contribution is 2.09. The molecule has 104 valence electrons. The Bertz CT molecular complexity index is 583. The molecule has 0 aromatic rings. The molecule has 0 bridgehead atoms. The van der Waals surface area contributed by atoms with E-state index in [0.717, 1.165) is 13.1 Å². The molecule has 1 heterocycles. The van der Waals surface area contributed by atoms with E-state index < -0.39 is 4.92 Å². The first-order valence-electron chi connectivity index (χ1n) is 6.29. The number of carbonyl (C=O) groups excluding carboxylic acids is 1. The van der Waals surface area contributed by atoms with Crippen LogP contribution < -0.4 is 0 Å². The van der Waals surface area contributed by atoms with Gasteiger partial charge in [0.15, 0.2) is 0 Å². The summed E-state index contributed by atoms with van der Waals surface area (Å²) in [5, 5.41) is 10.6. The molecule has 6 nitrogen and oxygen atoms in total. The Morgan fingerprint density at radius 1 is 1.40 bits per heavy atom. The van der Waals surface area contributed by atoms with Crippen molar-refractivity contribution in [1.82, 2.24) is 9.80 Å². The van der Waals surface area contributed by atoms with Crippen LogP contribution in [0, 0.1) is 10.1 Å². The molecule has 0 radical (unpaired) electrons. The Balaban J connectivity index is 1.97. The van der Waals surface area contributed by atoms with Gasteiger partial charge >= 0.3 is 5.70 Å². The Morgan fingerprint density at radius 2 is 2.10 bits per heavy atom. The lowest BCUT2D eigenvalue weighted by molar-refractivity contribution is -0.418. The summed E-state index contributed by atoms with van der Waals surface area (Å²) in [6, 6.07) is 0. The molecular weight excluding hydrogens is 258 g/mol. The molecule has 0 atom stereocenters. The standard InChI is InChI=1S/C14H15N3O3/c1-15-7-9-16(10-8-15)14(18)6-5-12-3-2-4-13(11-12)17(19)20/h3,5-6,11H,7-10H2,1H3/b6-5+. The maximum atomic E-state index is 12.0. The number of piperazine rings is 1. The molecule has 0 aromatic carbocycles. The van der Waals surface area contributed by atoms with Crippen molar-refractivity contribution >= 4 is 5.91 Å². The molecule has 1 saturated heterocycles. The van der Waals surface area contributed by atoms with E-state index in [1.54, 1.807) is 17.1 Å². The van der Waals surface area contributed by atoms with E-state index in [1.807, 2.05) is 7.05 Å². The van der Waals surface area contributed by atoms with Gasteiger partial charge in [0.05, 0.1) is 4.92 Å². The normalized spacial score (nSPS) is 19.1. The van der Waals surface area contributed by atoms with Crippen LogP contribution >= 0.6 is 0 Å². The summed E-state index contributed by atoms with van der Waals surface area (Å²) in [6.45, 7) is 3.13. The topological polar surface area (TPSA) is 66.7 Å². The minimum Gasteiger partial charge on any atom is -0.337 e. The number of amides is 1. The van der Waals surface area contributed by atoms with Crippen molar-refractivity contribution in [1.29, 1.82) is 0 Å². The average molecular weight is 273 g/mol. The quantitative estimate of drug-likeness (QED) is 0.329. The highest BCUT2D eigenvalue weighted by Gasteiger charge is 2.17. The van der Waals surface area contributed by atoms with Crippen LogP contribution in [0.4, 0.5) is 0 Å². The van der Waals surface area contributed by atoms with Crippen molar-refractivity contribution in [3.63, 3.8) is 0 Å². The summed E-state index contributed by atoms with van der Waals surface area (Å²) in [6.07, 6.45) is 5.93. The summed E-state index contributed by atoms with van der Waals surface area (Å²) in [5.41, 5.74) is 5.39. The third kappa shape index (κ3) is 3.56. The van der Waals surface area contributed by atoms with Gasteiger partial charge in [-0.1, -0.05) is 5.73 Å². The number of allylic oxidation sites excluding steroid dienone is 4. The van der Waals surface area contributed by atoms with E-state index in [-0.39, 0.29) is 11.6 Å². The van der Waals surface area contributed by atoms with Crippen LogP contribution in [0.5, 0.6) is 0 Å². The van der Waals surface area contributed by atoms with Crippen molar-refractivity contribution in [3.05, 3.63) is 57.2 Å². The smallest absolute Gasteiger partial charge is 0.320 e. The molecular formula is C14H15N3O3. The van der Waals surface area contributed by atoms with Crippen LogP contribution in [-0.2, 0) is 4.79 Å². The number of rotatable bonds is 3. The lowest BCUT2D eigenvalue weighted by Crippen LogP contribution is -2.46. The molecule has 0 unspecified atom stereocenters. The zero-order valence-electron chi connectivity index (χ0n) is 11.2. The molecule has 1 fully saturated rings. The number of nitrogens with zero attached hydrogens (tertiary/aromatic N) is 3. The molecule has 0 spiro atoms. The predicted octanol–water partition coefficient (Wildman–Crippen LogP) is 0.727. The minimum absolute atomic E-state index is 0.0754. The highest BCUT2D eigenvalue weighted by atomic mass is 16.6. The van der Waals surface area contributed by atoms with E-state index in [0.29, 0.717) is 18.7 Å². The van der Waals surface area contributed by atoms with Crippen molar-refractivity contribution in [2.45, 2.75) is 0 Å². The second-order valence-electron chi connectivity index (χ2n) is 4.66. The molecule has 0 saturated carbocycles. The Kier molecular flexibility index (Phi) is 4.33. The van der Waals surface area contributed by atoms with E-state index in [2.05, 4.69) is 16.4 Å². The maximum Gasteiger partial charge on any atom is 0.320 e. The lowest BCUT2D eigenvalue weighted by Gasteiger charge is -2.31. The van der Waals surface area contributed by atoms with E-state index >= 15 is 0 Å². The van der Waals surface area contributed by atoms with Crippen LogP contribution in [0.15, 0.2) is 47.0 Å². The van der Waals surface area contributed by atoms with Gasteiger partial charge in [0.2, 0.25) is 5.91 Å². The molecule has 1 aliphatic heterocycles. The number of likely N-dealkylation sites (N-methyl/N-ethyl adjacent to an activating group) is 1. The average Bonchev–Trinajstić information content (AvgIpc) is 2.46. The third-order valence-corrected chi connectivity index (χ3v) is 3.17. The van der Waals surface area contributed by atoms with Crippen molar-refractivity contribution < 1.29 is 9.72 Å². The Morgan fingerprint density at radius 3 is 2.75 bits per heavy atom. The van der Waals surface area contributed by atoms with Crippen molar-refractivity contribution in [2.24, 2.45) is 0 Å². The van der Waals surface area contributed by atoms with Gasteiger partial charge in [-0.2, -0.15) is 0 Å². The summed E-state index contributed by atoms with van der Waals surface area (Å²) < 4.78 is 0. The highest BCUT2D eigenvalue weighted by molar-refractivity contribution is 5.88. The summed E-state index contributed by atoms with van der Waals surface area (Å²) in [7, 11) is 2.02. The van der Waals surface area contributed by atoms with Crippen LogP contribution in [-0.4, -0.2) is 53.9 Å². The first-order chi connectivity index (χ1) is 9.56. The molecule has 2 aliphatic rings. The van der Waals surface area contributed by atoms with E-state index in [9.17, 15) is 14.9 Å². The Hall–Kier alpha value is -2.39. The largest absolute Gasteiger partial charge is 0.337 e. The van der Waals surface area contributed by atoms with E-state index in [4.69, 9.17) is 0 Å². The monoisotopic (exact) mass is 273 g/mol. The van der Waals surface area contributed by atoms with Crippen LogP contribution in [0.25, 0.3) is 0 Å². The summed E-state index contributed by atoms with van der Waals surface area (Å²) in [4.78, 5) is 26.0. The molecule has 0 aromatic heterocycles. The first-order valence-corrected chi connectivity index (χ1v) is 6.29. The number of carbonyl (C=O) groups is 1. The summed E-state index contributed by atoms with van der Waals surface area (Å²) >= 11 is 0. The maximum absolute atomic E-state index is 12.0. The van der Waals surface area contributed by atoms with Gasteiger partial charge in [-0.25, -0.2) is 0 Å². The molecule has 2 rings (SSSR count). The number of nitro groups is 1. The zero-order chi connectivity index (χ0) is 14.5. The van der Waals surface area contributed by atoms with Gasteiger partial charge in [-0.15, -0.1) is 0 Å².